The summed E-state index contributed by atoms with van der Waals surface area (Å²) in [6.07, 6.45) is 7.86. The summed E-state index contributed by atoms with van der Waals surface area (Å²) in [5, 5.41) is 0. The normalized spacial score (nSPS) is 20.0. The van der Waals surface area contributed by atoms with Crippen LogP contribution >= 0.6 is 0 Å². The molecule has 1 nitrogen and oxygen atoms in total. The zero-order valence-electron chi connectivity index (χ0n) is 15.5. The van der Waals surface area contributed by atoms with E-state index in [1.807, 2.05) is 0 Å². The molecule has 1 aliphatic heterocycles. The molecule has 0 saturated heterocycles. The molecule has 2 atom stereocenters. The van der Waals surface area contributed by atoms with Crippen LogP contribution in [-0.2, 0) is 6.42 Å². The van der Waals surface area contributed by atoms with Crippen LogP contribution in [0.1, 0.15) is 68.7 Å². The summed E-state index contributed by atoms with van der Waals surface area (Å²) in [5.74, 6) is 0. The zero-order chi connectivity index (χ0) is 16.9. The first-order chi connectivity index (χ1) is 11.7. The summed E-state index contributed by atoms with van der Waals surface area (Å²) < 4.78 is 0. The molecule has 2 aromatic carbocycles. The highest BCUT2D eigenvalue weighted by molar-refractivity contribution is 5.54. The molecule has 128 valence electrons. The van der Waals surface area contributed by atoms with Crippen molar-refractivity contribution in [3.63, 3.8) is 0 Å². The summed E-state index contributed by atoms with van der Waals surface area (Å²) in [5.41, 5.74) is 5.77. The number of aryl methyl sites for hydroxylation is 1. The van der Waals surface area contributed by atoms with Gasteiger partial charge in [0.2, 0.25) is 0 Å². The first-order valence-electron chi connectivity index (χ1n) is 9.63. The largest absolute Gasteiger partial charge is 0.361 e. The highest BCUT2D eigenvalue weighted by Gasteiger charge is 2.31. The van der Waals surface area contributed by atoms with E-state index in [9.17, 15) is 0 Å². The maximum absolute atomic E-state index is 2.67. The lowest BCUT2D eigenvalue weighted by Gasteiger charge is -2.44. The molecule has 2 unspecified atom stereocenters. The standard InChI is InChI=1S/C23H31N/c1-4-5-6-7-11-22-17-20-10-8-9-12-23(20)19(3)24(22)21-15-13-18(2)14-16-21/h8-10,12-16,19,22H,4-7,11,17H2,1-3H3. The Balaban J connectivity index is 1.87. The monoisotopic (exact) mass is 321 g/mol. The number of unbranched alkanes of at least 4 members (excludes halogenated alkanes) is 3. The van der Waals surface area contributed by atoms with Crippen molar-refractivity contribution in [3.05, 3.63) is 65.2 Å². The average molecular weight is 322 g/mol. The summed E-state index contributed by atoms with van der Waals surface area (Å²) in [6.45, 7) is 6.83. The highest BCUT2D eigenvalue weighted by atomic mass is 15.2. The number of benzene rings is 2. The van der Waals surface area contributed by atoms with Crippen molar-refractivity contribution in [1.29, 1.82) is 0 Å². The molecule has 2 aromatic rings. The van der Waals surface area contributed by atoms with Crippen LogP contribution in [0.3, 0.4) is 0 Å². The van der Waals surface area contributed by atoms with Gasteiger partial charge in [0, 0.05) is 11.7 Å². The molecule has 0 spiro atoms. The SMILES string of the molecule is CCCCCCC1Cc2ccccc2C(C)N1c1ccc(C)cc1. The Labute approximate surface area is 147 Å². The van der Waals surface area contributed by atoms with Crippen molar-refractivity contribution in [1.82, 2.24) is 0 Å². The Hall–Kier alpha value is -1.76. The van der Waals surface area contributed by atoms with E-state index in [1.165, 1.54) is 55.3 Å². The maximum atomic E-state index is 2.67. The molecule has 0 bridgehead atoms. The van der Waals surface area contributed by atoms with Crippen LogP contribution in [-0.4, -0.2) is 6.04 Å². The summed E-state index contributed by atoms with van der Waals surface area (Å²) in [7, 11) is 0. The molecular weight excluding hydrogens is 290 g/mol. The lowest BCUT2D eigenvalue weighted by atomic mass is 9.86. The fourth-order valence-corrected chi connectivity index (χ4v) is 4.15. The van der Waals surface area contributed by atoms with Crippen molar-refractivity contribution in [2.24, 2.45) is 0 Å². The predicted molar refractivity (Wildman–Crippen MR) is 105 cm³/mol. The first kappa shape index (κ1) is 17.1. The van der Waals surface area contributed by atoms with E-state index in [0.717, 1.165) is 0 Å². The van der Waals surface area contributed by atoms with Gasteiger partial charge in [0.05, 0.1) is 6.04 Å². The Bertz CT molecular complexity index is 643. The van der Waals surface area contributed by atoms with Gasteiger partial charge in [0.1, 0.15) is 0 Å². The second-order valence-electron chi connectivity index (χ2n) is 7.32. The quantitative estimate of drug-likeness (QED) is 0.552. The van der Waals surface area contributed by atoms with Crippen LogP contribution in [0, 0.1) is 6.92 Å². The third-order valence-electron chi connectivity index (χ3n) is 5.49. The summed E-state index contributed by atoms with van der Waals surface area (Å²) >= 11 is 0. The van der Waals surface area contributed by atoms with E-state index in [0.29, 0.717) is 12.1 Å². The van der Waals surface area contributed by atoms with Crippen LogP contribution < -0.4 is 4.90 Å². The lowest BCUT2D eigenvalue weighted by Crippen LogP contribution is -2.43. The van der Waals surface area contributed by atoms with E-state index < -0.39 is 0 Å². The molecule has 1 heteroatoms. The number of fused-ring (bicyclic) bond motifs is 1. The smallest absolute Gasteiger partial charge is 0.0520 e. The number of nitrogens with zero attached hydrogens (tertiary/aromatic N) is 1. The van der Waals surface area contributed by atoms with Crippen molar-refractivity contribution in [2.75, 3.05) is 4.90 Å². The fraction of sp³-hybridized carbons (Fsp3) is 0.478. The lowest BCUT2D eigenvalue weighted by molar-refractivity contribution is 0.451. The van der Waals surface area contributed by atoms with E-state index in [4.69, 9.17) is 0 Å². The van der Waals surface area contributed by atoms with Crippen LogP contribution in [0.5, 0.6) is 0 Å². The van der Waals surface area contributed by atoms with E-state index in [1.54, 1.807) is 5.56 Å². The van der Waals surface area contributed by atoms with Crippen LogP contribution in [0.25, 0.3) is 0 Å². The molecule has 1 aliphatic rings. The molecule has 0 amide bonds. The van der Waals surface area contributed by atoms with Gasteiger partial charge in [-0.3, -0.25) is 0 Å². The van der Waals surface area contributed by atoms with Gasteiger partial charge in [-0.15, -0.1) is 0 Å². The van der Waals surface area contributed by atoms with E-state index in [2.05, 4.69) is 74.2 Å². The topological polar surface area (TPSA) is 3.24 Å². The highest BCUT2D eigenvalue weighted by Crippen LogP contribution is 2.38. The molecule has 0 fully saturated rings. The van der Waals surface area contributed by atoms with Crippen LogP contribution in [0.2, 0.25) is 0 Å². The van der Waals surface area contributed by atoms with Gasteiger partial charge < -0.3 is 4.90 Å². The number of hydrogen-bond acceptors (Lipinski definition) is 1. The van der Waals surface area contributed by atoms with Crippen molar-refractivity contribution >= 4 is 5.69 Å². The minimum atomic E-state index is 0.453. The van der Waals surface area contributed by atoms with Gasteiger partial charge >= 0.3 is 0 Å². The van der Waals surface area contributed by atoms with E-state index >= 15 is 0 Å². The third kappa shape index (κ3) is 3.66. The average Bonchev–Trinajstić information content (AvgIpc) is 2.60. The Morgan fingerprint density at radius 1 is 0.958 bits per heavy atom. The molecule has 24 heavy (non-hydrogen) atoms. The second-order valence-corrected chi connectivity index (χ2v) is 7.32. The van der Waals surface area contributed by atoms with Gasteiger partial charge in [0.15, 0.2) is 0 Å². The molecule has 0 N–H and O–H groups in total. The number of hydrogen-bond donors (Lipinski definition) is 0. The predicted octanol–water partition coefficient (Wildman–Crippen LogP) is 6.46. The molecular formula is C23H31N. The van der Waals surface area contributed by atoms with E-state index in [-0.39, 0.29) is 0 Å². The molecule has 0 aromatic heterocycles. The molecule has 0 saturated carbocycles. The minimum absolute atomic E-state index is 0.453. The molecule has 0 aliphatic carbocycles. The fourth-order valence-electron chi connectivity index (χ4n) is 4.15. The number of anilines is 1. The van der Waals surface area contributed by atoms with Gasteiger partial charge in [0.25, 0.3) is 0 Å². The third-order valence-corrected chi connectivity index (χ3v) is 5.49. The van der Waals surface area contributed by atoms with Gasteiger partial charge in [-0.1, -0.05) is 74.6 Å². The van der Waals surface area contributed by atoms with Crippen molar-refractivity contribution in [3.8, 4) is 0 Å². The van der Waals surface area contributed by atoms with Gasteiger partial charge in [-0.05, 0) is 49.9 Å². The van der Waals surface area contributed by atoms with Crippen molar-refractivity contribution < 1.29 is 0 Å². The van der Waals surface area contributed by atoms with Crippen LogP contribution in [0.4, 0.5) is 5.69 Å². The van der Waals surface area contributed by atoms with Crippen molar-refractivity contribution in [2.45, 2.75) is 71.4 Å². The second kappa shape index (κ2) is 7.88. The molecule has 3 rings (SSSR count). The number of rotatable bonds is 6. The zero-order valence-corrected chi connectivity index (χ0v) is 15.5. The maximum Gasteiger partial charge on any atom is 0.0520 e. The van der Waals surface area contributed by atoms with Gasteiger partial charge in [-0.25, -0.2) is 0 Å². The summed E-state index contributed by atoms with van der Waals surface area (Å²) in [4.78, 5) is 2.67. The Kier molecular flexibility index (Phi) is 5.60. The van der Waals surface area contributed by atoms with Gasteiger partial charge in [-0.2, -0.15) is 0 Å². The Morgan fingerprint density at radius 3 is 2.46 bits per heavy atom. The molecule has 1 heterocycles. The summed E-state index contributed by atoms with van der Waals surface area (Å²) in [6, 6.07) is 19.2. The van der Waals surface area contributed by atoms with Crippen LogP contribution in [0.15, 0.2) is 48.5 Å². The molecule has 0 radical (unpaired) electrons. The first-order valence-corrected chi connectivity index (χ1v) is 9.63. The Morgan fingerprint density at radius 2 is 1.71 bits per heavy atom. The minimum Gasteiger partial charge on any atom is -0.361 e.